The lowest BCUT2D eigenvalue weighted by atomic mass is 10.1. The summed E-state index contributed by atoms with van der Waals surface area (Å²) in [6.07, 6.45) is -0.537. The second-order valence-corrected chi connectivity index (χ2v) is 7.58. The molecule has 1 aromatic carbocycles. The first-order valence-electron chi connectivity index (χ1n) is 12.6. The minimum absolute atomic E-state index is 0.113. The topological polar surface area (TPSA) is 80.3 Å². The summed E-state index contributed by atoms with van der Waals surface area (Å²) in [6, 6.07) is 5.55. The minimum Gasteiger partial charge on any atom is -0.462 e. The monoisotopic (exact) mass is 537 g/mol. The summed E-state index contributed by atoms with van der Waals surface area (Å²) in [4.78, 5) is 28.0. The third kappa shape index (κ3) is 9.32. The number of nitrogens with one attached hydrogen (secondary N) is 2. The highest BCUT2D eigenvalue weighted by molar-refractivity contribution is 5.95. The average Bonchev–Trinajstić information content (AvgIpc) is 2.92. The van der Waals surface area contributed by atoms with E-state index in [2.05, 4.69) is 15.6 Å². The van der Waals surface area contributed by atoms with E-state index >= 15 is 0 Å². The largest absolute Gasteiger partial charge is 0.462 e. The molecule has 208 valence electrons. The fourth-order valence-corrected chi connectivity index (χ4v) is 3.26. The summed E-state index contributed by atoms with van der Waals surface area (Å²) in [5, 5.41) is 4.97. The molecule has 1 aliphatic heterocycles. The second-order valence-electron chi connectivity index (χ2n) is 7.58. The fourth-order valence-electron chi connectivity index (χ4n) is 3.26. The molecule has 0 fully saturated rings. The third-order valence-corrected chi connectivity index (χ3v) is 5.13. The van der Waals surface area contributed by atoms with Crippen molar-refractivity contribution in [2.45, 2.75) is 73.4 Å². The number of rotatable bonds is 7. The van der Waals surface area contributed by atoms with Crippen molar-refractivity contribution in [2.24, 2.45) is 0 Å². The lowest BCUT2D eigenvalue weighted by Gasteiger charge is -2.19. The van der Waals surface area contributed by atoms with Crippen LogP contribution in [0, 0.1) is 0 Å². The van der Waals surface area contributed by atoms with Gasteiger partial charge in [-0.2, -0.15) is 13.2 Å². The van der Waals surface area contributed by atoms with Gasteiger partial charge in [-0.25, -0.2) is 9.37 Å². The normalized spacial score (nSPS) is 13.4. The first-order valence-corrected chi connectivity index (χ1v) is 12.6. The number of halogens is 4. The van der Waals surface area contributed by atoms with Gasteiger partial charge < -0.3 is 15.4 Å². The van der Waals surface area contributed by atoms with Crippen LogP contribution in [0.15, 0.2) is 59.9 Å². The van der Waals surface area contributed by atoms with Crippen LogP contribution in [0.25, 0.3) is 0 Å². The van der Waals surface area contributed by atoms with E-state index in [0.717, 1.165) is 17.7 Å². The van der Waals surface area contributed by atoms with Gasteiger partial charge in [0.15, 0.2) is 0 Å². The quantitative estimate of drug-likeness (QED) is 0.280. The van der Waals surface area contributed by atoms with Crippen LogP contribution in [0.1, 0.15) is 82.3 Å². The van der Waals surface area contributed by atoms with Gasteiger partial charge in [0, 0.05) is 42.3 Å². The summed E-state index contributed by atoms with van der Waals surface area (Å²) >= 11 is 0. The zero-order chi connectivity index (χ0) is 28.9. The van der Waals surface area contributed by atoms with Gasteiger partial charge in [-0.3, -0.25) is 9.59 Å². The number of fused-ring (bicyclic) bond motifs is 1. The number of alkyl halides is 3. The van der Waals surface area contributed by atoms with Gasteiger partial charge in [0.05, 0.1) is 5.56 Å². The number of carbonyl (C=O) groups excluding carboxylic acids is 2. The van der Waals surface area contributed by atoms with Crippen LogP contribution < -0.4 is 15.4 Å². The van der Waals surface area contributed by atoms with Crippen LogP contribution in [-0.2, 0) is 17.4 Å². The molecule has 2 amide bonds. The van der Waals surface area contributed by atoms with Crippen molar-refractivity contribution in [1.29, 1.82) is 0 Å². The van der Waals surface area contributed by atoms with Crippen LogP contribution in [0.5, 0.6) is 5.75 Å². The van der Waals surface area contributed by atoms with E-state index < -0.39 is 23.5 Å². The first kappa shape index (κ1) is 32.3. The summed E-state index contributed by atoms with van der Waals surface area (Å²) in [5.74, 6) is -0.227. The molecule has 0 radical (unpaired) electrons. The Balaban J connectivity index is 0.00000172. The van der Waals surface area contributed by atoms with Gasteiger partial charge >= 0.3 is 6.18 Å². The molecule has 0 unspecified atom stereocenters. The molecule has 6 nitrogen and oxygen atoms in total. The Kier molecular flexibility index (Phi) is 13.2. The zero-order valence-corrected chi connectivity index (χ0v) is 22.6. The van der Waals surface area contributed by atoms with Gasteiger partial charge in [0.2, 0.25) is 5.91 Å². The van der Waals surface area contributed by atoms with Gasteiger partial charge in [0.1, 0.15) is 23.2 Å². The van der Waals surface area contributed by atoms with E-state index in [-0.39, 0.29) is 23.6 Å². The molecule has 3 rings (SSSR count). The van der Waals surface area contributed by atoms with Crippen molar-refractivity contribution in [2.75, 3.05) is 5.32 Å². The Bertz CT molecular complexity index is 1160. The highest BCUT2D eigenvalue weighted by Gasteiger charge is 2.31. The van der Waals surface area contributed by atoms with Gasteiger partial charge in [0.25, 0.3) is 5.91 Å². The molecule has 0 saturated carbocycles. The van der Waals surface area contributed by atoms with Crippen LogP contribution in [0.3, 0.4) is 0 Å². The number of amides is 2. The lowest BCUT2D eigenvalue weighted by molar-refractivity contribution is -0.137. The molecule has 10 heteroatoms. The van der Waals surface area contributed by atoms with E-state index in [0.29, 0.717) is 42.7 Å². The predicted octanol–water partition coefficient (Wildman–Crippen LogP) is 7.73. The van der Waals surface area contributed by atoms with E-state index in [4.69, 9.17) is 4.74 Å². The maximum atomic E-state index is 14.6. The molecule has 1 aromatic heterocycles. The Morgan fingerprint density at radius 2 is 1.84 bits per heavy atom. The van der Waals surface area contributed by atoms with Crippen molar-refractivity contribution in [3.8, 4) is 5.75 Å². The van der Waals surface area contributed by atoms with Crippen LogP contribution in [0.2, 0.25) is 0 Å². The Morgan fingerprint density at radius 1 is 1.16 bits per heavy atom. The van der Waals surface area contributed by atoms with Crippen molar-refractivity contribution in [1.82, 2.24) is 10.3 Å². The number of benzene rings is 1. The Labute approximate surface area is 221 Å². The molecular formula is C28H35F4N3O3. The second kappa shape index (κ2) is 15.5. The number of anilines is 1. The van der Waals surface area contributed by atoms with Crippen LogP contribution >= 0.6 is 0 Å². The fraction of sp³-hybridized carbons (Fsp3) is 0.393. The molecule has 2 heterocycles. The lowest BCUT2D eigenvalue weighted by Crippen LogP contribution is -2.22. The number of ether oxygens (including phenoxy) is 1. The summed E-state index contributed by atoms with van der Waals surface area (Å²) < 4.78 is 59.1. The molecular weight excluding hydrogens is 502 g/mol. The molecule has 1 aliphatic rings. The van der Waals surface area contributed by atoms with Crippen molar-refractivity contribution in [3.05, 3.63) is 76.6 Å². The predicted molar refractivity (Wildman–Crippen MR) is 140 cm³/mol. The maximum Gasteiger partial charge on any atom is 0.416 e. The summed E-state index contributed by atoms with van der Waals surface area (Å²) in [5.41, 5.74) is -0.558. The Morgan fingerprint density at radius 3 is 2.47 bits per heavy atom. The average molecular weight is 538 g/mol. The van der Waals surface area contributed by atoms with E-state index in [1.54, 1.807) is 6.07 Å². The number of aromatic nitrogens is 1. The third-order valence-electron chi connectivity index (χ3n) is 5.13. The van der Waals surface area contributed by atoms with Crippen molar-refractivity contribution < 1.29 is 31.9 Å². The van der Waals surface area contributed by atoms with Crippen LogP contribution in [0.4, 0.5) is 23.4 Å². The highest BCUT2D eigenvalue weighted by Crippen LogP contribution is 2.31. The number of hydrogen-bond donors (Lipinski definition) is 2. The van der Waals surface area contributed by atoms with Crippen molar-refractivity contribution >= 4 is 17.6 Å². The number of allylic oxidation sites excluding steroid dienone is 4. The molecule has 2 aromatic rings. The van der Waals surface area contributed by atoms with Gasteiger partial charge in [-0.15, -0.1) is 0 Å². The molecule has 0 spiro atoms. The molecule has 0 atom stereocenters. The first-order chi connectivity index (χ1) is 18.1. The van der Waals surface area contributed by atoms with Crippen molar-refractivity contribution in [3.63, 3.8) is 0 Å². The van der Waals surface area contributed by atoms with Crippen LogP contribution in [-0.4, -0.2) is 16.8 Å². The number of pyridine rings is 1. The SMILES string of the molecule is CC.CC.CC/C(=C\C/C(F)=C(\C)NC(=O)c1cccc(C(F)(F)F)c1)Oc1ccnc2c1CCC(=O)N2. The minimum atomic E-state index is -4.59. The van der Waals surface area contributed by atoms with E-state index in [9.17, 15) is 27.2 Å². The van der Waals surface area contributed by atoms with E-state index in [1.807, 2.05) is 34.6 Å². The Hall–Kier alpha value is -3.69. The standard InChI is InChI=1S/C24H23F4N3O3.2C2H6/c1-3-17(34-20-11-12-29-22-18(20)8-10-21(32)31-22)7-9-19(25)14(2)30-23(33)15-5-4-6-16(13-15)24(26,27)28;2*1-2/h4-7,11-13H,3,8-10H2,1-2H3,(H,30,33)(H,29,31,32);2*1-2H3/b17-7+,19-14-;;. The smallest absolute Gasteiger partial charge is 0.416 e. The zero-order valence-electron chi connectivity index (χ0n) is 22.6. The molecule has 0 saturated heterocycles. The van der Waals surface area contributed by atoms with E-state index in [1.165, 1.54) is 25.3 Å². The maximum absolute atomic E-state index is 14.6. The molecule has 0 bridgehead atoms. The summed E-state index contributed by atoms with van der Waals surface area (Å²) in [7, 11) is 0. The summed E-state index contributed by atoms with van der Waals surface area (Å²) in [6.45, 7) is 11.1. The van der Waals surface area contributed by atoms with Gasteiger partial charge in [-0.05, 0) is 43.7 Å². The number of carbonyl (C=O) groups is 2. The molecule has 38 heavy (non-hydrogen) atoms. The highest BCUT2D eigenvalue weighted by atomic mass is 19.4. The number of hydrogen-bond acceptors (Lipinski definition) is 4. The number of nitrogens with zero attached hydrogens (tertiary/aromatic N) is 1. The molecule has 0 aliphatic carbocycles. The molecule has 2 N–H and O–H groups in total. The van der Waals surface area contributed by atoms with Gasteiger partial charge in [-0.1, -0.05) is 40.7 Å².